The van der Waals surface area contributed by atoms with Crippen LogP contribution in [-0.4, -0.2) is 37.1 Å². The van der Waals surface area contributed by atoms with Crippen molar-refractivity contribution in [2.75, 3.05) is 19.1 Å². The summed E-state index contributed by atoms with van der Waals surface area (Å²) in [6, 6.07) is 10.9. The van der Waals surface area contributed by atoms with Gasteiger partial charge in [-0.25, -0.2) is 0 Å². The third kappa shape index (κ3) is 4.84. The number of anilines is 1. The van der Waals surface area contributed by atoms with Crippen molar-refractivity contribution in [3.63, 3.8) is 0 Å². The number of pyridine rings is 1. The van der Waals surface area contributed by atoms with Gasteiger partial charge in [0, 0.05) is 30.2 Å². The Bertz CT molecular complexity index is 1080. The molecular weight excluding hydrogens is 422 g/mol. The molecule has 1 atom stereocenters. The van der Waals surface area contributed by atoms with Gasteiger partial charge in [-0.05, 0) is 54.8 Å². The highest BCUT2D eigenvalue weighted by atomic mass is 16.5. The number of benzene rings is 1. The second-order valence-corrected chi connectivity index (χ2v) is 7.86. The maximum absolute atomic E-state index is 13.7. The lowest BCUT2D eigenvalue weighted by atomic mass is 10.0. The number of aromatic nitrogens is 1. The molecule has 1 aliphatic rings. The van der Waals surface area contributed by atoms with Crippen LogP contribution in [0.2, 0.25) is 0 Å². The summed E-state index contributed by atoms with van der Waals surface area (Å²) in [5, 5.41) is 3.14. The van der Waals surface area contributed by atoms with Gasteiger partial charge >= 0.3 is 0 Å². The Hall–Kier alpha value is -3.81. The van der Waals surface area contributed by atoms with Crippen LogP contribution in [0, 0.1) is 0 Å². The molecule has 0 saturated heterocycles. The quantitative estimate of drug-likeness (QED) is 0.556. The van der Waals surface area contributed by atoms with E-state index in [1.807, 2.05) is 0 Å². The molecule has 3 aromatic rings. The molecule has 1 aliphatic carbocycles. The first-order valence-corrected chi connectivity index (χ1v) is 10.9. The summed E-state index contributed by atoms with van der Waals surface area (Å²) in [6.45, 7) is 0. The van der Waals surface area contributed by atoms with E-state index in [0.717, 1.165) is 25.7 Å². The lowest BCUT2D eigenvalue weighted by Crippen LogP contribution is -2.46. The zero-order chi connectivity index (χ0) is 23.2. The molecule has 8 nitrogen and oxygen atoms in total. The zero-order valence-corrected chi connectivity index (χ0v) is 18.7. The van der Waals surface area contributed by atoms with Crippen LogP contribution in [0.1, 0.15) is 47.8 Å². The molecule has 0 aliphatic heterocycles. The van der Waals surface area contributed by atoms with E-state index in [-0.39, 0.29) is 17.7 Å². The van der Waals surface area contributed by atoms with Gasteiger partial charge < -0.3 is 19.2 Å². The first-order valence-electron chi connectivity index (χ1n) is 10.9. The van der Waals surface area contributed by atoms with Crippen molar-refractivity contribution >= 4 is 17.5 Å². The van der Waals surface area contributed by atoms with Crippen LogP contribution in [0.25, 0.3) is 0 Å². The predicted molar refractivity (Wildman–Crippen MR) is 122 cm³/mol. The minimum absolute atomic E-state index is 0.0906. The predicted octanol–water partition coefficient (Wildman–Crippen LogP) is 4.14. The van der Waals surface area contributed by atoms with Crippen molar-refractivity contribution in [3.8, 4) is 11.5 Å². The molecule has 4 rings (SSSR count). The fraction of sp³-hybridized carbons (Fsp3) is 0.320. The van der Waals surface area contributed by atoms with Crippen molar-refractivity contribution in [2.45, 2.75) is 37.8 Å². The third-order valence-electron chi connectivity index (χ3n) is 5.83. The van der Waals surface area contributed by atoms with Gasteiger partial charge in [-0.3, -0.25) is 19.5 Å². The van der Waals surface area contributed by atoms with E-state index >= 15 is 0 Å². The highest BCUT2D eigenvalue weighted by molar-refractivity contribution is 6.08. The molecule has 0 radical (unpaired) electrons. The van der Waals surface area contributed by atoms with Gasteiger partial charge in [-0.1, -0.05) is 12.8 Å². The van der Waals surface area contributed by atoms with E-state index in [9.17, 15) is 9.59 Å². The molecular formula is C25H27N3O5. The van der Waals surface area contributed by atoms with Crippen LogP contribution in [0.3, 0.4) is 0 Å². The monoisotopic (exact) mass is 449 g/mol. The number of nitrogens with one attached hydrogen (secondary N) is 1. The Kier molecular flexibility index (Phi) is 6.92. The summed E-state index contributed by atoms with van der Waals surface area (Å²) >= 11 is 0. The molecule has 1 saturated carbocycles. The molecule has 1 aromatic carbocycles. The van der Waals surface area contributed by atoms with Crippen LogP contribution in [-0.2, 0) is 4.79 Å². The topological polar surface area (TPSA) is 93.9 Å². The van der Waals surface area contributed by atoms with E-state index in [0.29, 0.717) is 22.7 Å². The summed E-state index contributed by atoms with van der Waals surface area (Å²) in [6.07, 6.45) is 8.66. The Labute approximate surface area is 192 Å². The molecule has 8 heteroatoms. The van der Waals surface area contributed by atoms with E-state index < -0.39 is 11.9 Å². The fourth-order valence-corrected chi connectivity index (χ4v) is 4.19. The number of rotatable bonds is 8. The maximum atomic E-state index is 13.7. The Morgan fingerprint density at radius 3 is 2.42 bits per heavy atom. The van der Waals surface area contributed by atoms with Gasteiger partial charge in [-0.2, -0.15) is 0 Å². The highest BCUT2D eigenvalue weighted by Gasteiger charge is 2.36. The largest absolute Gasteiger partial charge is 0.493 e. The van der Waals surface area contributed by atoms with Crippen molar-refractivity contribution in [1.82, 2.24) is 10.3 Å². The minimum Gasteiger partial charge on any atom is -0.493 e. The maximum Gasteiger partial charge on any atom is 0.294 e. The number of methoxy groups -OCH3 is 2. The van der Waals surface area contributed by atoms with E-state index in [2.05, 4.69) is 10.3 Å². The number of amides is 2. The van der Waals surface area contributed by atoms with Crippen molar-refractivity contribution in [1.29, 1.82) is 0 Å². The van der Waals surface area contributed by atoms with Crippen molar-refractivity contribution in [3.05, 3.63) is 72.4 Å². The fourth-order valence-electron chi connectivity index (χ4n) is 4.19. The summed E-state index contributed by atoms with van der Waals surface area (Å²) < 4.78 is 16.2. The number of carbonyl (C=O) groups is 2. The number of ether oxygens (including phenoxy) is 2. The van der Waals surface area contributed by atoms with E-state index in [1.165, 1.54) is 25.4 Å². The van der Waals surface area contributed by atoms with Crippen molar-refractivity contribution < 1.29 is 23.5 Å². The summed E-state index contributed by atoms with van der Waals surface area (Å²) in [7, 11) is 3.06. The second kappa shape index (κ2) is 10.2. The van der Waals surface area contributed by atoms with Crippen molar-refractivity contribution in [2.24, 2.45) is 0 Å². The van der Waals surface area contributed by atoms with Crippen LogP contribution < -0.4 is 19.7 Å². The molecule has 2 amide bonds. The number of hydrogen-bond donors (Lipinski definition) is 1. The molecule has 1 N–H and O–H groups in total. The SMILES string of the molecule is COc1ccc(N(C(=O)c2ccco2)[C@H](C(=O)NC2CCCC2)c2ccncc2)cc1OC. The second-order valence-electron chi connectivity index (χ2n) is 7.86. The van der Waals surface area contributed by atoms with Gasteiger partial charge in [0.25, 0.3) is 5.91 Å². The molecule has 33 heavy (non-hydrogen) atoms. The van der Waals surface area contributed by atoms with Gasteiger partial charge in [0.1, 0.15) is 6.04 Å². The molecule has 172 valence electrons. The van der Waals surface area contributed by atoms with Gasteiger partial charge in [0.15, 0.2) is 17.3 Å². The molecule has 0 unspecified atom stereocenters. The van der Waals surface area contributed by atoms with Crippen LogP contribution in [0.15, 0.2) is 65.5 Å². The number of nitrogens with zero attached hydrogens (tertiary/aromatic N) is 2. The van der Waals surface area contributed by atoms with Crippen LogP contribution in [0.4, 0.5) is 5.69 Å². The third-order valence-corrected chi connectivity index (χ3v) is 5.83. The molecule has 2 aromatic heterocycles. The standard InChI is InChI=1S/C25H27N3O5/c1-31-20-10-9-19(16-22(20)32-2)28(25(30)21-8-5-15-33-21)23(17-11-13-26-14-12-17)24(29)27-18-6-3-4-7-18/h5,8-16,18,23H,3-4,6-7H2,1-2H3,(H,27,29)/t23-/m0/s1. The first-order chi connectivity index (χ1) is 16.1. The average molecular weight is 450 g/mol. The molecule has 0 spiro atoms. The number of carbonyl (C=O) groups excluding carboxylic acids is 2. The molecule has 2 heterocycles. The van der Waals surface area contributed by atoms with Gasteiger partial charge in [0.05, 0.1) is 20.5 Å². The summed E-state index contributed by atoms with van der Waals surface area (Å²) in [4.78, 5) is 32.8. The normalized spacial score (nSPS) is 14.5. The van der Waals surface area contributed by atoms with E-state index in [4.69, 9.17) is 13.9 Å². The number of furan rings is 1. The zero-order valence-electron chi connectivity index (χ0n) is 18.7. The smallest absolute Gasteiger partial charge is 0.294 e. The Balaban J connectivity index is 1.82. The lowest BCUT2D eigenvalue weighted by molar-refractivity contribution is -0.123. The Morgan fingerprint density at radius 1 is 1.06 bits per heavy atom. The van der Waals surface area contributed by atoms with Crippen LogP contribution in [0.5, 0.6) is 11.5 Å². The summed E-state index contributed by atoms with van der Waals surface area (Å²) in [5.41, 5.74) is 1.10. The molecule has 1 fully saturated rings. The average Bonchev–Trinajstić information content (AvgIpc) is 3.57. The van der Waals surface area contributed by atoms with Gasteiger partial charge in [-0.15, -0.1) is 0 Å². The Morgan fingerprint density at radius 2 is 1.79 bits per heavy atom. The summed E-state index contributed by atoms with van der Waals surface area (Å²) in [5.74, 6) is 0.371. The van der Waals surface area contributed by atoms with Crippen LogP contribution >= 0.6 is 0 Å². The van der Waals surface area contributed by atoms with E-state index in [1.54, 1.807) is 54.9 Å². The minimum atomic E-state index is -0.940. The lowest BCUT2D eigenvalue weighted by Gasteiger charge is -2.32. The first kappa shape index (κ1) is 22.4. The highest BCUT2D eigenvalue weighted by Crippen LogP contribution is 2.36. The van der Waals surface area contributed by atoms with Gasteiger partial charge in [0.2, 0.25) is 5.91 Å². The number of hydrogen-bond acceptors (Lipinski definition) is 6. The molecule has 0 bridgehead atoms.